The zero-order valence-corrected chi connectivity index (χ0v) is 11.3. The lowest BCUT2D eigenvalue weighted by Crippen LogP contribution is -2.11. The number of nitrogens with one attached hydrogen (secondary N) is 1. The standard InChI is InChI=1S/C13H9F6NS/c14-12(15,16)6-3-8(13(17,18)19)11-7-5-21-2-1-9(7)20-10(11)4-6/h3-4,20H,1-2,5H2. The fourth-order valence-electron chi connectivity index (χ4n) is 2.56. The highest BCUT2D eigenvalue weighted by atomic mass is 32.2. The predicted octanol–water partition coefficient (Wildman–Crippen LogP) is 4.99. The van der Waals surface area contributed by atoms with E-state index in [1.165, 1.54) is 11.8 Å². The molecule has 0 radical (unpaired) electrons. The SMILES string of the molecule is FC(F)(F)c1cc(C(F)(F)F)c2c3c([nH]c2c1)CCSC3. The quantitative estimate of drug-likeness (QED) is 0.674. The highest BCUT2D eigenvalue weighted by Crippen LogP contribution is 2.43. The van der Waals surface area contributed by atoms with Gasteiger partial charge in [-0.1, -0.05) is 0 Å². The molecule has 0 saturated heterocycles. The summed E-state index contributed by atoms with van der Waals surface area (Å²) in [6.07, 6.45) is -9.10. The molecule has 0 aliphatic carbocycles. The van der Waals surface area contributed by atoms with Gasteiger partial charge in [-0.3, -0.25) is 0 Å². The number of thioether (sulfide) groups is 1. The van der Waals surface area contributed by atoms with Crippen LogP contribution in [-0.4, -0.2) is 10.7 Å². The van der Waals surface area contributed by atoms with Crippen LogP contribution in [0, 0.1) is 0 Å². The van der Waals surface area contributed by atoms with Crippen LogP contribution in [-0.2, 0) is 24.5 Å². The Morgan fingerprint density at radius 3 is 2.33 bits per heavy atom. The van der Waals surface area contributed by atoms with E-state index in [0.29, 0.717) is 23.4 Å². The molecule has 1 aromatic carbocycles. The summed E-state index contributed by atoms with van der Waals surface area (Å²) in [5, 5.41) is -0.127. The lowest BCUT2D eigenvalue weighted by atomic mass is 10.0. The molecule has 114 valence electrons. The van der Waals surface area contributed by atoms with E-state index in [0.717, 1.165) is 11.8 Å². The van der Waals surface area contributed by atoms with Crippen molar-refractivity contribution in [3.63, 3.8) is 0 Å². The lowest BCUT2D eigenvalue weighted by Gasteiger charge is -2.15. The number of aromatic amines is 1. The normalized spacial score (nSPS) is 16.3. The highest BCUT2D eigenvalue weighted by Gasteiger charge is 2.39. The van der Waals surface area contributed by atoms with Gasteiger partial charge in [-0.2, -0.15) is 38.1 Å². The second-order valence-electron chi connectivity index (χ2n) is 4.83. The summed E-state index contributed by atoms with van der Waals surface area (Å²) in [6.45, 7) is 0. The number of hydrogen-bond acceptors (Lipinski definition) is 1. The third-order valence-electron chi connectivity index (χ3n) is 3.47. The molecule has 0 spiro atoms. The molecular weight excluding hydrogens is 316 g/mol. The Labute approximate surface area is 119 Å². The first-order chi connectivity index (χ1) is 9.68. The summed E-state index contributed by atoms with van der Waals surface area (Å²) in [7, 11) is 0. The van der Waals surface area contributed by atoms with E-state index in [-0.39, 0.29) is 17.0 Å². The van der Waals surface area contributed by atoms with Gasteiger partial charge in [-0.15, -0.1) is 0 Å². The number of fused-ring (bicyclic) bond motifs is 3. The van der Waals surface area contributed by atoms with Crippen LogP contribution in [0.1, 0.15) is 22.4 Å². The number of benzene rings is 1. The summed E-state index contributed by atoms with van der Waals surface area (Å²) in [5.41, 5.74) is -1.51. The summed E-state index contributed by atoms with van der Waals surface area (Å²) in [6, 6.07) is 0.962. The van der Waals surface area contributed by atoms with Crippen LogP contribution in [0.15, 0.2) is 12.1 Å². The van der Waals surface area contributed by atoms with Gasteiger partial charge >= 0.3 is 12.4 Å². The molecule has 0 saturated carbocycles. The Balaban J connectivity index is 2.35. The fourth-order valence-corrected chi connectivity index (χ4v) is 3.58. The molecule has 1 N–H and O–H groups in total. The lowest BCUT2D eigenvalue weighted by molar-refractivity contribution is -0.142. The first kappa shape index (κ1) is 14.6. The maximum atomic E-state index is 13.1. The smallest absolute Gasteiger partial charge is 0.358 e. The maximum absolute atomic E-state index is 13.1. The Hall–Kier alpha value is -1.31. The van der Waals surface area contributed by atoms with Crippen molar-refractivity contribution in [2.75, 3.05) is 5.75 Å². The fraction of sp³-hybridized carbons (Fsp3) is 0.385. The van der Waals surface area contributed by atoms with Crippen LogP contribution in [0.4, 0.5) is 26.3 Å². The van der Waals surface area contributed by atoms with Gasteiger partial charge in [-0.05, 0) is 29.9 Å². The van der Waals surface area contributed by atoms with Gasteiger partial charge in [0.25, 0.3) is 0 Å². The minimum atomic E-state index is -4.82. The zero-order chi connectivity index (χ0) is 15.4. The van der Waals surface area contributed by atoms with Gasteiger partial charge in [0.05, 0.1) is 11.1 Å². The van der Waals surface area contributed by atoms with E-state index in [2.05, 4.69) is 4.98 Å². The van der Waals surface area contributed by atoms with Crippen LogP contribution in [0.2, 0.25) is 0 Å². The van der Waals surface area contributed by atoms with E-state index >= 15 is 0 Å². The van der Waals surface area contributed by atoms with Crippen molar-refractivity contribution in [1.82, 2.24) is 4.98 Å². The zero-order valence-electron chi connectivity index (χ0n) is 10.5. The Morgan fingerprint density at radius 2 is 1.71 bits per heavy atom. The van der Waals surface area contributed by atoms with Crippen LogP contribution in [0.5, 0.6) is 0 Å². The van der Waals surface area contributed by atoms with Crippen molar-refractivity contribution in [3.8, 4) is 0 Å². The van der Waals surface area contributed by atoms with Crippen LogP contribution in [0.3, 0.4) is 0 Å². The molecule has 1 aliphatic rings. The van der Waals surface area contributed by atoms with E-state index in [4.69, 9.17) is 0 Å². The van der Waals surface area contributed by atoms with Gasteiger partial charge in [0.15, 0.2) is 0 Å². The summed E-state index contributed by atoms with van der Waals surface area (Å²) < 4.78 is 77.8. The molecule has 0 atom stereocenters. The third kappa shape index (κ3) is 2.49. The molecule has 0 bridgehead atoms. The molecule has 0 unspecified atom stereocenters. The Bertz CT molecular complexity index is 697. The molecule has 1 nitrogen and oxygen atoms in total. The topological polar surface area (TPSA) is 15.8 Å². The van der Waals surface area contributed by atoms with E-state index in [1.807, 2.05) is 0 Å². The van der Waals surface area contributed by atoms with Crippen LogP contribution >= 0.6 is 11.8 Å². The molecule has 8 heteroatoms. The van der Waals surface area contributed by atoms with E-state index in [1.54, 1.807) is 0 Å². The third-order valence-corrected chi connectivity index (χ3v) is 4.45. The number of rotatable bonds is 0. The molecule has 2 aromatic rings. The highest BCUT2D eigenvalue weighted by molar-refractivity contribution is 7.98. The Kier molecular flexibility index (Phi) is 3.20. The maximum Gasteiger partial charge on any atom is 0.417 e. The first-order valence-corrected chi connectivity index (χ1v) is 7.23. The van der Waals surface area contributed by atoms with Gasteiger partial charge in [-0.25, -0.2) is 0 Å². The van der Waals surface area contributed by atoms with Crippen molar-refractivity contribution in [1.29, 1.82) is 0 Å². The summed E-state index contributed by atoms with van der Waals surface area (Å²) >= 11 is 1.48. The average Bonchev–Trinajstić information content (AvgIpc) is 2.73. The molecule has 0 amide bonds. The number of alkyl halides is 6. The molecule has 1 aromatic heterocycles. The van der Waals surface area contributed by atoms with Gasteiger partial charge in [0.1, 0.15) is 0 Å². The van der Waals surface area contributed by atoms with E-state index in [9.17, 15) is 26.3 Å². The minimum absolute atomic E-state index is 0.0929. The first-order valence-electron chi connectivity index (χ1n) is 6.07. The molecule has 0 fully saturated rings. The van der Waals surface area contributed by atoms with Crippen molar-refractivity contribution >= 4 is 22.7 Å². The van der Waals surface area contributed by atoms with Crippen molar-refractivity contribution in [3.05, 3.63) is 34.5 Å². The molecule has 3 rings (SSSR count). The summed E-state index contributed by atoms with van der Waals surface area (Å²) in [4.78, 5) is 2.73. The second-order valence-corrected chi connectivity index (χ2v) is 5.93. The van der Waals surface area contributed by atoms with Gasteiger partial charge in [0, 0.05) is 22.3 Å². The van der Waals surface area contributed by atoms with Gasteiger partial charge < -0.3 is 4.98 Å². The second kappa shape index (κ2) is 4.59. The Morgan fingerprint density at radius 1 is 1.00 bits per heavy atom. The molecule has 2 heterocycles. The largest absolute Gasteiger partial charge is 0.417 e. The number of aryl methyl sites for hydroxylation is 1. The molecule has 1 aliphatic heterocycles. The predicted molar refractivity (Wildman–Crippen MR) is 68.2 cm³/mol. The van der Waals surface area contributed by atoms with Crippen molar-refractivity contribution in [2.24, 2.45) is 0 Å². The molecular formula is C13H9F6NS. The monoisotopic (exact) mass is 325 g/mol. The number of hydrogen-bond donors (Lipinski definition) is 1. The van der Waals surface area contributed by atoms with Crippen molar-refractivity contribution < 1.29 is 26.3 Å². The number of halogens is 6. The minimum Gasteiger partial charge on any atom is -0.358 e. The number of aromatic nitrogens is 1. The van der Waals surface area contributed by atoms with E-state index < -0.39 is 23.5 Å². The van der Waals surface area contributed by atoms with Crippen molar-refractivity contribution in [2.45, 2.75) is 24.5 Å². The summed E-state index contributed by atoms with van der Waals surface area (Å²) in [5.74, 6) is 1.12. The average molecular weight is 325 g/mol. The molecule has 21 heavy (non-hydrogen) atoms. The van der Waals surface area contributed by atoms with Crippen LogP contribution in [0.25, 0.3) is 10.9 Å². The number of H-pyrrole nitrogens is 1. The van der Waals surface area contributed by atoms with Gasteiger partial charge in [0.2, 0.25) is 0 Å². The van der Waals surface area contributed by atoms with Crippen LogP contribution < -0.4 is 0 Å².